The Morgan fingerprint density at radius 2 is 1.64 bits per heavy atom. The summed E-state index contributed by atoms with van der Waals surface area (Å²) >= 11 is 6.81. The van der Waals surface area contributed by atoms with E-state index in [1.54, 1.807) is 13.2 Å². The van der Waals surface area contributed by atoms with Gasteiger partial charge in [-0.25, -0.2) is 4.39 Å². The number of benzene rings is 3. The third-order valence-corrected chi connectivity index (χ3v) is 6.98. The molecule has 0 aliphatic rings. The van der Waals surface area contributed by atoms with Crippen LogP contribution < -0.4 is 159 Å². The SMILES string of the molecule is CCC(C)(C)CCCc1c(F)cc(-c2cccc(-c3ccc[c-]c3C)c2Cl)cc1OC.[CH-]=C([C-]=C)[C-]=O.[CH-]=O.[CH3-].[CH3-].[K+].[K+].[K+]. The molecule has 3 aromatic rings. The molecular weight excluding hydrogens is 652 g/mol. The zero-order chi connectivity index (χ0) is 29.6. The number of halogens is 2. The van der Waals surface area contributed by atoms with Crippen LogP contribution in [0.15, 0.2) is 60.7 Å². The van der Waals surface area contributed by atoms with Crippen molar-refractivity contribution >= 4 is 24.7 Å². The minimum absolute atomic E-state index is 0. The van der Waals surface area contributed by atoms with Gasteiger partial charge >= 0.3 is 154 Å². The first-order valence-corrected chi connectivity index (χ1v) is 12.9. The number of carbonyl (C=O) groups excluding carboxylic acids is 2. The van der Waals surface area contributed by atoms with Crippen LogP contribution in [0.1, 0.15) is 51.2 Å². The zero-order valence-electron chi connectivity index (χ0n) is 28.3. The largest absolute Gasteiger partial charge is 1.00 e. The summed E-state index contributed by atoms with van der Waals surface area (Å²) in [6.07, 6.45) is 7.26. The second-order valence-corrected chi connectivity index (χ2v) is 9.96. The molecule has 0 radical (unpaired) electrons. The number of hydrogen-bond donors (Lipinski definition) is 0. The van der Waals surface area contributed by atoms with Gasteiger partial charge < -0.3 is 53.7 Å². The molecule has 3 aromatic carbocycles. The summed E-state index contributed by atoms with van der Waals surface area (Å²) < 4.78 is 20.8. The van der Waals surface area contributed by atoms with Crippen molar-refractivity contribution in [1.29, 1.82) is 0 Å². The molecule has 0 amide bonds. The molecule has 0 N–H and O–H groups in total. The summed E-state index contributed by atoms with van der Waals surface area (Å²) in [5.41, 5.74) is 5.31. The fourth-order valence-corrected chi connectivity index (χ4v) is 4.26. The molecule has 0 saturated heterocycles. The van der Waals surface area contributed by atoms with Crippen LogP contribution in [-0.2, 0) is 16.0 Å². The molecular formula is C36H41ClFK3O3-4. The third-order valence-electron chi connectivity index (χ3n) is 6.58. The molecule has 0 atom stereocenters. The smallest absolute Gasteiger partial charge is 0.575 e. The number of hydrogen-bond acceptors (Lipinski definition) is 3. The van der Waals surface area contributed by atoms with E-state index in [-0.39, 0.29) is 186 Å². The van der Waals surface area contributed by atoms with Gasteiger partial charge in [-0.1, -0.05) is 69.5 Å². The first-order valence-electron chi connectivity index (χ1n) is 12.5. The van der Waals surface area contributed by atoms with Crippen molar-refractivity contribution in [2.75, 3.05) is 7.11 Å². The average molecular weight is 693 g/mol. The maximum absolute atomic E-state index is 15.2. The van der Waals surface area contributed by atoms with Crippen molar-refractivity contribution in [2.24, 2.45) is 5.41 Å². The van der Waals surface area contributed by atoms with E-state index < -0.39 is 0 Å². The Morgan fingerprint density at radius 3 is 2.11 bits per heavy atom. The van der Waals surface area contributed by atoms with E-state index in [1.165, 1.54) is 6.29 Å². The van der Waals surface area contributed by atoms with Gasteiger partial charge in [0.15, 0.2) is 0 Å². The molecule has 0 fully saturated rings. The normalized spacial score (nSPS) is 9.16. The Hall–Kier alpha value is 1.41. The molecule has 0 bridgehead atoms. The standard InChI is InChI=1S/C28H31ClFO.C5H3O.CHO.2CH3.3K/c1-6-28(3,4)16-10-15-24-25(30)17-20(18-26(24)31-5)22-13-9-14-23(27(22)29)21-12-8-7-11-19(21)2;1-3-5(2)4-6;1-2;;;;;/h7-9,12-14,17-18H,6,10,15-16H2,1-5H3;2H,1H2;1H;2*1H3;;;/q-1;-3;3*-1;3*+1. The van der Waals surface area contributed by atoms with E-state index in [9.17, 15) is 4.79 Å². The average Bonchev–Trinajstić information content (AvgIpc) is 2.95. The van der Waals surface area contributed by atoms with E-state index in [0.29, 0.717) is 22.8 Å². The van der Waals surface area contributed by atoms with Gasteiger partial charge in [-0.3, -0.25) is 13.4 Å². The van der Waals surface area contributed by atoms with Crippen LogP contribution in [0.2, 0.25) is 5.02 Å². The molecule has 0 aromatic heterocycles. The summed E-state index contributed by atoms with van der Waals surface area (Å²) in [5, 5.41) is 0.601. The van der Waals surface area contributed by atoms with Crippen LogP contribution >= 0.6 is 11.6 Å². The summed E-state index contributed by atoms with van der Waals surface area (Å²) in [6.45, 7) is 19.8. The fourth-order valence-electron chi connectivity index (χ4n) is 3.92. The zero-order valence-corrected chi connectivity index (χ0v) is 38.4. The second-order valence-electron chi connectivity index (χ2n) is 9.58. The predicted octanol–water partition coefficient (Wildman–Crippen LogP) is 0.772. The van der Waals surface area contributed by atoms with Crippen molar-refractivity contribution in [2.45, 2.75) is 53.4 Å². The van der Waals surface area contributed by atoms with E-state index in [1.807, 2.05) is 49.4 Å². The molecule has 3 rings (SSSR count). The van der Waals surface area contributed by atoms with Crippen molar-refractivity contribution < 1.29 is 173 Å². The Balaban J connectivity index is -0.000000350. The molecule has 0 aliphatic carbocycles. The van der Waals surface area contributed by atoms with E-state index in [4.69, 9.17) is 27.7 Å². The quantitative estimate of drug-likeness (QED) is 0.104. The molecule has 44 heavy (non-hydrogen) atoms. The van der Waals surface area contributed by atoms with Crippen LogP contribution in [0.4, 0.5) is 4.39 Å². The van der Waals surface area contributed by atoms with Gasteiger partial charge in [0, 0.05) is 16.1 Å². The van der Waals surface area contributed by atoms with Crippen molar-refractivity contribution in [3.63, 3.8) is 0 Å². The molecule has 0 aliphatic heterocycles. The van der Waals surface area contributed by atoms with Crippen LogP contribution in [-0.4, -0.2) is 20.2 Å². The van der Waals surface area contributed by atoms with E-state index >= 15 is 4.39 Å². The topological polar surface area (TPSA) is 43.4 Å². The van der Waals surface area contributed by atoms with Crippen LogP contribution in [0.25, 0.3) is 22.3 Å². The van der Waals surface area contributed by atoms with Crippen molar-refractivity contribution in [3.05, 3.63) is 116 Å². The Kier molecular flexibility index (Phi) is 36.6. The molecule has 8 heteroatoms. The Bertz CT molecular complexity index is 1270. The molecule has 3 nitrogen and oxygen atoms in total. The first kappa shape index (κ1) is 54.8. The van der Waals surface area contributed by atoms with Crippen LogP contribution in [0.3, 0.4) is 0 Å². The molecule has 0 unspecified atom stereocenters. The van der Waals surface area contributed by atoms with Gasteiger partial charge in [-0.2, -0.15) is 29.8 Å². The van der Waals surface area contributed by atoms with Gasteiger partial charge in [-0.05, 0) is 42.4 Å². The summed E-state index contributed by atoms with van der Waals surface area (Å²) in [5.74, 6) is 0.337. The van der Waals surface area contributed by atoms with Gasteiger partial charge in [-0.15, -0.1) is 5.56 Å². The maximum atomic E-state index is 15.2. The molecule has 0 saturated carbocycles. The monoisotopic (exact) mass is 692 g/mol. The number of rotatable bonds is 10. The van der Waals surface area contributed by atoms with E-state index in [0.717, 1.165) is 47.1 Å². The minimum Gasteiger partial charge on any atom is -0.575 e. The van der Waals surface area contributed by atoms with E-state index in [2.05, 4.69) is 46.3 Å². The molecule has 0 spiro atoms. The van der Waals surface area contributed by atoms with Gasteiger partial charge in [0.1, 0.15) is 11.6 Å². The van der Waals surface area contributed by atoms with Gasteiger partial charge in [0.05, 0.1) is 7.11 Å². The summed E-state index contributed by atoms with van der Waals surface area (Å²) in [6, 6.07) is 18.4. The van der Waals surface area contributed by atoms with Crippen LogP contribution in [0.5, 0.6) is 5.75 Å². The second kappa shape index (κ2) is 29.3. The van der Waals surface area contributed by atoms with Crippen molar-refractivity contribution in [1.82, 2.24) is 0 Å². The Morgan fingerprint density at radius 1 is 1.07 bits per heavy atom. The number of aryl methyl sites for hydroxylation is 1. The summed E-state index contributed by atoms with van der Waals surface area (Å²) in [4.78, 5) is 17.1. The van der Waals surface area contributed by atoms with Crippen LogP contribution in [0, 0.1) is 51.7 Å². The van der Waals surface area contributed by atoms with Gasteiger partial charge in [0.2, 0.25) is 0 Å². The maximum Gasteiger partial charge on any atom is 1.00 e. The molecule has 0 heterocycles. The molecule has 224 valence electrons. The fraction of sp³-hybridized carbons (Fsp3) is 0.278. The first-order chi connectivity index (χ1) is 18.6. The summed E-state index contributed by atoms with van der Waals surface area (Å²) in [7, 11) is 1.60. The third kappa shape index (κ3) is 17.7. The number of allylic oxidation sites excluding steroid dienone is 2. The van der Waals surface area contributed by atoms with Gasteiger partial charge in [0.25, 0.3) is 0 Å². The number of ether oxygens (including phenoxy) is 1. The van der Waals surface area contributed by atoms with Crippen molar-refractivity contribution in [3.8, 4) is 28.0 Å². The minimum atomic E-state index is -0.241. The predicted molar refractivity (Wildman–Crippen MR) is 171 cm³/mol. The Labute approximate surface area is 399 Å². The number of methoxy groups -OCH3 is 1.